The average Bonchev–Trinajstić information content (AvgIpc) is 2.73. The molecule has 0 aliphatic carbocycles. The van der Waals surface area contributed by atoms with E-state index < -0.39 is 10.9 Å². The number of hydrogen-bond acceptors (Lipinski definition) is 5. The third kappa shape index (κ3) is 5.37. The Labute approximate surface area is 171 Å². The fourth-order valence-electron chi connectivity index (χ4n) is 2.41. The van der Waals surface area contributed by atoms with Crippen molar-refractivity contribution in [1.82, 2.24) is 0 Å². The van der Waals surface area contributed by atoms with Crippen LogP contribution in [0.3, 0.4) is 0 Å². The number of carbonyl (C=O) groups excluding carboxylic acids is 2. The van der Waals surface area contributed by atoms with E-state index in [4.69, 9.17) is 16.3 Å². The number of non-ortho nitro benzene ring substituents is 1. The van der Waals surface area contributed by atoms with Crippen molar-refractivity contribution in [3.63, 3.8) is 0 Å². The van der Waals surface area contributed by atoms with Gasteiger partial charge in [0.1, 0.15) is 5.75 Å². The number of allylic oxidation sites excluding steroid dienone is 1. The molecule has 3 aromatic carbocycles. The highest BCUT2D eigenvalue weighted by atomic mass is 35.5. The maximum Gasteiger partial charge on any atom is 0.343 e. The molecule has 0 saturated heterocycles. The second-order valence-electron chi connectivity index (χ2n) is 5.97. The van der Waals surface area contributed by atoms with E-state index in [1.165, 1.54) is 42.5 Å². The number of ketones is 1. The molecule has 0 bridgehead atoms. The van der Waals surface area contributed by atoms with E-state index in [2.05, 4.69) is 0 Å². The molecule has 29 heavy (non-hydrogen) atoms. The Morgan fingerprint density at radius 3 is 2.03 bits per heavy atom. The minimum Gasteiger partial charge on any atom is -0.423 e. The van der Waals surface area contributed by atoms with Crippen LogP contribution in [0.15, 0.2) is 78.9 Å². The molecule has 0 atom stereocenters. The summed E-state index contributed by atoms with van der Waals surface area (Å²) in [5, 5.41) is 11.3. The molecule has 3 rings (SSSR count). The molecule has 0 amide bonds. The van der Waals surface area contributed by atoms with E-state index in [-0.39, 0.29) is 22.8 Å². The summed E-state index contributed by atoms with van der Waals surface area (Å²) in [6.07, 6.45) is 3.13. The molecule has 0 aromatic heterocycles. The normalized spacial score (nSPS) is 10.7. The lowest BCUT2D eigenvalue weighted by atomic mass is 10.1. The maximum absolute atomic E-state index is 12.3. The highest BCUT2D eigenvalue weighted by molar-refractivity contribution is 6.30. The Morgan fingerprint density at radius 1 is 0.862 bits per heavy atom. The molecular formula is C22H14ClNO5. The summed E-state index contributed by atoms with van der Waals surface area (Å²) in [4.78, 5) is 34.5. The number of esters is 1. The van der Waals surface area contributed by atoms with Crippen molar-refractivity contribution in [3.05, 3.63) is 111 Å². The number of hydrogen-bond donors (Lipinski definition) is 0. The molecule has 0 aliphatic rings. The van der Waals surface area contributed by atoms with Gasteiger partial charge in [-0.2, -0.15) is 0 Å². The van der Waals surface area contributed by atoms with Gasteiger partial charge in [-0.25, -0.2) is 4.79 Å². The summed E-state index contributed by atoms with van der Waals surface area (Å²) in [7, 11) is 0. The van der Waals surface area contributed by atoms with Gasteiger partial charge in [0, 0.05) is 22.7 Å². The molecule has 0 saturated carbocycles. The Kier molecular flexibility index (Phi) is 6.16. The first-order valence-corrected chi connectivity index (χ1v) is 8.85. The molecule has 0 aliphatic heterocycles. The van der Waals surface area contributed by atoms with Crippen LogP contribution in [-0.2, 0) is 0 Å². The highest BCUT2D eigenvalue weighted by Crippen LogP contribution is 2.17. The summed E-state index contributed by atoms with van der Waals surface area (Å²) in [6, 6.07) is 18.3. The van der Waals surface area contributed by atoms with Crippen molar-refractivity contribution in [2.45, 2.75) is 0 Å². The van der Waals surface area contributed by atoms with Crippen molar-refractivity contribution < 1.29 is 19.2 Å². The number of carbonyl (C=O) groups is 2. The molecule has 144 valence electrons. The molecular weight excluding hydrogens is 394 g/mol. The lowest BCUT2D eigenvalue weighted by Crippen LogP contribution is -2.08. The van der Waals surface area contributed by atoms with Gasteiger partial charge in [-0.3, -0.25) is 14.9 Å². The second-order valence-corrected chi connectivity index (χ2v) is 6.40. The largest absolute Gasteiger partial charge is 0.423 e. The first kappa shape index (κ1) is 20.0. The van der Waals surface area contributed by atoms with Gasteiger partial charge >= 0.3 is 5.97 Å². The molecule has 0 unspecified atom stereocenters. The summed E-state index contributed by atoms with van der Waals surface area (Å²) in [5.74, 6) is -0.596. The predicted octanol–water partition coefficient (Wildman–Crippen LogP) is 5.36. The number of nitro benzene ring substituents is 1. The van der Waals surface area contributed by atoms with Gasteiger partial charge in [0.15, 0.2) is 5.78 Å². The quantitative estimate of drug-likeness (QED) is 0.137. The molecule has 0 fully saturated rings. The van der Waals surface area contributed by atoms with Crippen molar-refractivity contribution in [2.24, 2.45) is 0 Å². The third-order valence-corrected chi connectivity index (χ3v) is 4.21. The molecule has 0 heterocycles. The maximum atomic E-state index is 12.3. The standard InChI is InChI=1S/C22H14ClNO5/c23-18-8-1-15(2-9-18)3-14-21(25)16-6-12-20(13-7-16)29-22(26)17-4-10-19(11-5-17)24(27)28/h1-14H/b14-3+. The zero-order valence-corrected chi connectivity index (χ0v) is 15.7. The topological polar surface area (TPSA) is 86.5 Å². The van der Waals surface area contributed by atoms with Crippen LogP contribution in [0.1, 0.15) is 26.3 Å². The molecule has 6 nitrogen and oxygen atoms in total. The van der Waals surface area contributed by atoms with Gasteiger partial charge in [-0.05, 0) is 60.2 Å². The molecule has 3 aromatic rings. The van der Waals surface area contributed by atoms with Crippen molar-refractivity contribution in [3.8, 4) is 5.75 Å². The van der Waals surface area contributed by atoms with Gasteiger partial charge in [0.2, 0.25) is 0 Å². The van der Waals surface area contributed by atoms with Crippen LogP contribution in [0, 0.1) is 10.1 Å². The van der Waals surface area contributed by atoms with Gasteiger partial charge in [-0.15, -0.1) is 0 Å². The highest BCUT2D eigenvalue weighted by Gasteiger charge is 2.12. The summed E-state index contributed by atoms with van der Waals surface area (Å²) < 4.78 is 5.23. The third-order valence-electron chi connectivity index (χ3n) is 3.96. The zero-order chi connectivity index (χ0) is 20.8. The number of benzene rings is 3. The Bertz CT molecular complexity index is 1070. The van der Waals surface area contributed by atoms with Crippen LogP contribution >= 0.6 is 11.6 Å². The van der Waals surface area contributed by atoms with Gasteiger partial charge in [-0.1, -0.05) is 29.8 Å². The number of ether oxygens (including phenoxy) is 1. The zero-order valence-electron chi connectivity index (χ0n) is 14.9. The minimum atomic E-state index is -0.651. The Morgan fingerprint density at radius 2 is 1.45 bits per heavy atom. The van der Waals surface area contributed by atoms with E-state index in [9.17, 15) is 19.7 Å². The summed E-state index contributed by atoms with van der Waals surface area (Å²) >= 11 is 5.83. The predicted molar refractivity (Wildman–Crippen MR) is 109 cm³/mol. The monoisotopic (exact) mass is 407 g/mol. The number of nitrogens with zero attached hydrogens (tertiary/aromatic N) is 1. The lowest BCUT2D eigenvalue weighted by molar-refractivity contribution is -0.384. The molecule has 0 N–H and O–H groups in total. The van der Waals surface area contributed by atoms with E-state index in [0.717, 1.165) is 5.56 Å². The van der Waals surface area contributed by atoms with E-state index in [0.29, 0.717) is 10.6 Å². The van der Waals surface area contributed by atoms with Crippen LogP contribution in [0.25, 0.3) is 6.08 Å². The first-order chi connectivity index (χ1) is 13.9. The van der Waals surface area contributed by atoms with Gasteiger partial charge in [0.05, 0.1) is 10.5 Å². The van der Waals surface area contributed by atoms with E-state index in [1.807, 2.05) is 0 Å². The number of halogens is 1. The fourth-order valence-corrected chi connectivity index (χ4v) is 2.54. The SMILES string of the molecule is O=C(/C=C/c1ccc(Cl)cc1)c1ccc(OC(=O)c2ccc([N+](=O)[O-])cc2)cc1. The molecule has 0 radical (unpaired) electrons. The first-order valence-electron chi connectivity index (χ1n) is 8.47. The van der Waals surface area contributed by atoms with Crippen LogP contribution in [0.5, 0.6) is 5.75 Å². The molecule has 0 spiro atoms. The fraction of sp³-hybridized carbons (Fsp3) is 0. The number of rotatable bonds is 6. The Balaban J connectivity index is 1.63. The second kappa shape index (κ2) is 8.95. The van der Waals surface area contributed by atoms with Crippen molar-refractivity contribution in [2.75, 3.05) is 0 Å². The van der Waals surface area contributed by atoms with Crippen molar-refractivity contribution in [1.29, 1.82) is 0 Å². The smallest absolute Gasteiger partial charge is 0.343 e. The average molecular weight is 408 g/mol. The van der Waals surface area contributed by atoms with Crippen LogP contribution in [0.2, 0.25) is 5.02 Å². The number of nitro groups is 1. The lowest BCUT2D eigenvalue weighted by Gasteiger charge is -2.05. The van der Waals surface area contributed by atoms with E-state index in [1.54, 1.807) is 42.5 Å². The van der Waals surface area contributed by atoms with Gasteiger partial charge in [0.25, 0.3) is 5.69 Å². The van der Waals surface area contributed by atoms with Crippen LogP contribution < -0.4 is 4.74 Å². The van der Waals surface area contributed by atoms with Crippen LogP contribution in [-0.4, -0.2) is 16.7 Å². The molecule has 7 heteroatoms. The summed E-state index contributed by atoms with van der Waals surface area (Å²) in [6.45, 7) is 0. The minimum absolute atomic E-state index is 0.115. The van der Waals surface area contributed by atoms with Crippen LogP contribution in [0.4, 0.5) is 5.69 Å². The van der Waals surface area contributed by atoms with Crippen molar-refractivity contribution >= 4 is 35.1 Å². The van der Waals surface area contributed by atoms with Gasteiger partial charge < -0.3 is 4.74 Å². The summed E-state index contributed by atoms with van der Waals surface area (Å²) in [5.41, 5.74) is 1.35. The van der Waals surface area contributed by atoms with E-state index >= 15 is 0 Å². The Hall–Kier alpha value is -3.77.